The lowest BCUT2D eigenvalue weighted by atomic mass is 9.86. The van der Waals surface area contributed by atoms with E-state index in [4.69, 9.17) is 14.2 Å². The lowest BCUT2D eigenvalue weighted by molar-refractivity contribution is -0.118. The van der Waals surface area contributed by atoms with E-state index in [2.05, 4.69) is 9.88 Å². The lowest BCUT2D eigenvalue weighted by Gasteiger charge is -2.31. The summed E-state index contributed by atoms with van der Waals surface area (Å²) in [5.41, 5.74) is 2.56. The van der Waals surface area contributed by atoms with Gasteiger partial charge in [-0.15, -0.1) is 0 Å². The van der Waals surface area contributed by atoms with Crippen LogP contribution < -0.4 is 14.2 Å². The van der Waals surface area contributed by atoms with E-state index in [1.165, 1.54) is 0 Å². The molecule has 3 rings (SSSR count). The van der Waals surface area contributed by atoms with Gasteiger partial charge in [-0.1, -0.05) is 0 Å². The molecule has 0 bridgehead atoms. The standard InChI is InChI=1S/C21H24N2O4/c1-23-12-16(20(24)17(13-23)15-5-7-22-8-6-15)9-14-10-18(25-2)21(27-4)19(11-14)26-3/h5-11,17H,12-13H2,1-4H3. The monoisotopic (exact) mass is 368 g/mol. The molecule has 1 fully saturated rings. The van der Waals surface area contributed by atoms with Gasteiger partial charge in [0.25, 0.3) is 0 Å². The maximum Gasteiger partial charge on any atom is 0.203 e. The summed E-state index contributed by atoms with van der Waals surface area (Å²) in [4.78, 5) is 19.3. The number of piperidine rings is 1. The van der Waals surface area contributed by atoms with E-state index in [-0.39, 0.29) is 11.7 Å². The number of Topliss-reactive ketones (excluding diaryl/α,β-unsaturated/α-hetero) is 1. The zero-order valence-corrected chi connectivity index (χ0v) is 16.1. The number of hydrogen-bond donors (Lipinski definition) is 0. The van der Waals surface area contributed by atoms with Gasteiger partial charge in [0.2, 0.25) is 5.75 Å². The predicted octanol–water partition coefficient (Wildman–Crippen LogP) is 2.79. The predicted molar refractivity (Wildman–Crippen MR) is 104 cm³/mol. The molecule has 1 aromatic heterocycles. The molecule has 0 amide bonds. The van der Waals surface area contributed by atoms with Crippen molar-refractivity contribution in [2.24, 2.45) is 0 Å². The number of carbonyl (C=O) groups is 1. The molecule has 6 nitrogen and oxygen atoms in total. The molecule has 1 saturated heterocycles. The topological polar surface area (TPSA) is 60.9 Å². The van der Waals surface area contributed by atoms with Crippen LogP contribution in [0.15, 0.2) is 42.2 Å². The van der Waals surface area contributed by atoms with Crippen LogP contribution in [0.25, 0.3) is 6.08 Å². The first-order valence-corrected chi connectivity index (χ1v) is 8.70. The van der Waals surface area contributed by atoms with Crippen LogP contribution in [0.1, 0.15) is 17.0 Å². The normalized spacial score (nSPS) is 19.2. The van der Waals surface area contributed by atoms with E-state index in [1.54, 1.807) is 33.7 Å². The first-order valence-electron chi connectivity index (χ1n) is 8.70. The summed E-state index contributed by atoms with van der Waals surface area (Å²) < 4.78 is 16.2. The maximum atomic E-state index is 13.1. The average molecular weight is 368 g/mol. The molecule has 0 radical (unpaired) electrons. The molecule has 2 aromatic rings. The van der Waals surface area contributed by atoms with Crippen molar-refractivity contribution < 1.29 is 19.0 Å². The van der Waals surface area contributed by atoms with Gasteiger partial charge in [0.15, 0.2) is 17.3 Å². The Morgan fingerprint density at radius 2 is 1.70 bits per heavy atom. The smallest absolute Gasteiger partial charge is 0.203 e. The van der Waals surface area contributed by atoms with Gasteiger partial charge in [0.1, 0.15) is 0 Å². The third-order valence-corrected chi connectivity index (χ3v) is 4.70. The van der Waals surface area contributed by atoms with Gasteiger partial charge in [0.05, 0.1) is 27.2 Å². The van der Waals surface area contributed by atoms with Crippen LogP contribution >= 0.6 is 0 Å². The van der Waals surface area contributed by atoms with E-state index in [0.717, 1.165) is 16.7 Å². The quantitative estimate of drug-likeness (QED) is 0.757. The second-order valence-corrected chi connectivity index (χ2v) is 6.52. The molecule has 2 heterocycles. The Labute approximate surface area is 159 Å². The van der Waals surface area contributed by atoms with Crippen LogP contribution in [0.2, 0.25) is 0 Å². The minimum absolute atomic E-state index is 0.132. The van der Waals surface area contributed by atoms with Crippen molar-refractivity contribution >= 4 is 11.9 Å². The fourth-order valence-electron chi connectivity index (χ4n) is 3.41. The molecule has 1 atom stereocenters. The minimum Gasteiger partial charge on any atom is -0.493 e. The van der Waals surface area contributed by atoms with Crippen LogP contribution in [0.5, 0.6) is 17.2 Å². The third kappa shape index (κ3) is 3.95. The summed E-state index contributed by atoms with van der Waals surface area (Å²) >= 11 is 0. The summed E-state index contributed by atoms with van der Waals surface area (Å²) in [5.74, 6) is 1.59. The second-order valence-electron chi connectivity index (χ2n) is 6.52. The van der Waals surface area contributed by atoms with E-state index >= 15 is 0 Å². The average Bonchev–Trinajstić information content (AvgIpc) is 2.70. The second kappa shape index (κ2) is 8.22. The number of benzene rings is 1. The summed E-state index contributed by atoms with van der Waals surface area (Å²) in [6, 6.07) is 7.49. The fraction of sp³-hybridized carbons (Fsp3) is 0.333. The number of aromatic nitrogens is 1. The van der Waals surface area contributed by atoms with Gasteiger partial charge >= 0.3 is 0 Å². The molecule has 0 aliphatic carbocycles. The third-order valence-electron chi connectivity index (χ3n) is 4.70. The Morgan fingerprint density at radius 1 is 1.07 bits per heavy atom. The van der Waals surface area contributed by atoms with Crippen molar-refractivity contribution in [3.8, 4) is 17.2 Å². The number of hydrogen-bond acceptors (Lipinski definition) is 6. The van der Waals surface area contributed by atoms with Gasteiger partial charge in [-0.2, -0.15) is 0 Å². The minimum atomic E-state index is -0.194. The Bertz CT molecular complexity index is 824. The molecule has 0 N–H and O–H groups in total. The van der Waals surface area contributed by atoms with Crippen molar-refractivity contribution in [3.63, 3.8) is 0 Å². The van der Waals surface area contributed by atoms with Crippen molar-refractivity contribution in [2.45, 2.75) is 5.92 Å². The Balaban J connectivity index is 1.99. The van der Waals surface area contributed by atoms with E-state index in [0.29, 0.717) is 30.3 Å². The molecule has 1 unspecified atom stereocenters. The number of ketones is 1. The molecule has 142 valence electrons. The highest BCUT2D eigenvalue weighted by molar-refractivity contribution is 6.05. The highest BCUT2D eigenvalue weighted by Crippen LogP contribution is 2.39. The zero-order valence-electron chi connectivity index (χ0n) is 16.1. The maximum absolute atomic E-state index is 13.1. The summed E-state index contributed by atoms with van der Waals surface area (Å²) in [7, 11) is 6.74. The van der Waals surface area contributed by atoms with E-state index in [1.807, 2.05) is 37.4 Å². The number of nitrogens with zero attached hydrogens (tertiary/aromatic N) is 2. The Kier molecular flexibility index (Phi) is 5.76. The number of methoxy groups -OCH3 is 3. The van der Waals surface area contributed by atoms with Gasteiger partial charge < -0.3 is 19.1 Å². The summed E-state index contributed by atoms with van der Waals surface area (Å²) in [5, 5.41) is 0. The zero-order chi connectivity index (χ0) is 19.4. The molecule has 1 aromatic carbocycles. The van der Waals surface area contributed by atoms with Gasteiger partial charge in [-0.3, -0.25) is 9.78 Å². The van der Waals surface area contributed by atoms with Crippen molar-refractivity contribution in [1.29, 1.82) is 0 Å². The molecule has 1 aliphatic rings. The van der Waals surface area contributed by atoms with Crippen LogP contribution in [0.4, 0.5) is 0 Å². The number of ether oxygens (including phenoxy) is 3. The summed E-state index contributed by atoms with van der Waals surface area (Å²) in [6.07, 6.45) is 5.34. The number of likely N-dealkylation sites (N-methyl/N-ethyl adjacent to an activating group) is 1. The molecule has 1 aliphatic heterocycles. The molecule has 6 heteroatoms. The van der Waals surface area contributed by atoms with E-state index < -0.39 is 0 Å². The number of likely N-dealkylation sites (tertiary alicyclic amines) is 1. The first kappa shape index (κ1) is 18.9. The van der Waals surface area contributed by atoms with Crippen molar-refractivity contribution in [1.82, 2.24) is 9.88 Å². The highest BCUT2D eigenvalue weighted by atomic mass is 16.5. The molecule has 27 heavy (non-hydrogen) atoms. The number of pyridine rings is 1. The van der Waals surface area contributed by atoms with Gasteiger partial charge in [0, 0.05) is 31.1 Å². The molecular formula is C21H24N2O4. The lowest BCUT2D eigenvalue weighted by Crippen LogP contribution is -2.38. The molecule has 0 spiro atoms. The van der Waals surface area contributed by atoms with Gasteiger partial charge in [-0.25, -0.2) is 0 Å². The number of carbonyl (C=O) groups excluding carboxylic acids is 1. The van der Waals surface area contributed by atoms with Crippen LogP contribution in [0.3, 0.4) is 0 Å². The Hall–Kier alpha value is -2.86. The number of rotatable bonds is 5. The fourth-order valence-corrected chi connectivity index (χ4v) is 3.41. The largest absolute Gasteiger partial charge is 0.493 e. The van der Waals surface area contributed by atoms with Crippen molar-refractivity contribution in [2.75, 3.05) is 41.5 Å². The summed E-state index contributed by atoms with van der Waals surface area (Å²) in [6.45, 7) is 1.28. The highest BCUT2D eigenvalue weighted by Gasteiger charge is 2.30. The van der Waals surface area contributed by atoms with Crippen molar-refractivity contribution in [3.05, 3.63) is 53.4 Å². The first-order chi connectivity index (χ1) is 13.1. The van der Waals surface area contributed by atoms with E-state index in [9.17, 15) is 4.79 Å². The molecule has 0 saturated carbocycles. The van der Waals surface area contributed by atoms with Gasteiger partial charge in [-0.05, 0) is 48.5 Å². The SMILES string of the molecule is COc1cc(C=C2CN(C)CC(c3ccncc3)C2=O)cc(OC)c1OC. The Morgan fingerprint density at radius 3 is 2.26 bits per heavy atom. The van der Waals surface area contributed by atoms with Crippen LogP contribution in [-0.2, 0) is 4.79 Å². The van der Waals surface area contributed by atoms with Crippen LogP contribution in [-0.4, -0.2) is 57.1 Å². The molecular weight excluding hydrogens is 344 g/mol. The van der Waals surface area contributed by atoms with Crippen LogP contribution in [0, 0.1) is 0 Å².